The third-order valence-corrected chi connectivity index (χ3v) is 10.5. The molecule has 0 fully saturated rings. The quantitative estimate of drug-likeness (QED) is 0.172. The zero-order valence-corrected chi connectivity index (χ0v) is 32.4. The maximum absolute atomic E-state index is 13.3. The number of aliphatic hydroxyl groups excluding tert-OH is 1. The van der Waals surface area contributed by atoms with Gasteiger partial charge in [0, 0.05) is 103 Å². The van der Waals surface area contributed by atoms with Gasteiger partial charge in [0.1, 0.15) is 34.7 Å². The molecule has 8 nitrogen and oxygen atoms in total. The number of hydrogen-bond donors (Lipinski definition) is 5. The van der Waals surface area contributed by atoms with Crippen LogP contribution in [0.5, 0.6) is 23.0 Å². The summed E-state index contributed by atoms with van der Waals surface area (Å²) in [6, 6.07) is 10.8. The molecule has 1 aliphatic carbocycles. The molecule has 40 heavy (non-hydrogen) atoms. The number of anilines is 2. The first-order valence-corrected chi connectivity index (χ1v) is 20.4. The molecule has 0 heterocycles. The van der Waals surface area contributed by atoms with Crippen LogP contribution < -0.4 is 9.80 Å². The van der Waals surface area contributed by atoms with Crippen molar-refractivity contribution in [1.82, 2.24) is 0 Å². The van der Waals surface area contributed by atoms with Crippen LogP contribution in [0, 0.1) is 0 Å². The molecule has 1 atom stereocenters. The summed E-state index contributed by atoms with van der Waals surface area (Å²) in [5.74, 6) is -3.35. The van der Waals surface area contributed by atoms with Crippen LogP contribution in [-0.4, -0.2) is 98.5 Å². The highest BCUT2D eigenvalue weighted by Gasteiger charge is 2.46. The van der Waals surface area contributed by atoms with Gasteiger partial charge in [-0.1, -0.05) is 24.2 Å². The van der Waals surface area contributed by atoms with Gasteiger partial charge < -0.3 is 35.3 Å². The van der Waals surface area contributed by atoms with Gasteiger partial charge in [-0.2, -0.15) is 0 Å². The summed E-state index contributed by atoms with van der Waals surface area (Å²) in [6.07, 6.45) is 4.14. The molecule has 0 saturated heterocycles. The lowest BCUT2D eigenvalue weighted by Crippen LogP contribution is -2.29. The highest BCUT2D eigenvalue weighted by molar-refractivity contribution is 6.33. The number of aromatic hydroxyl groups is 4. The number of ketones is 1. The van der Waals surface area contributed by atoms with E-state index < -0.39 is 17.5 Å². The molecule has 0 aliphatic heterocycles. The summed E-state index contributed by atoms with van der Waals surface area (Å²) in [5, 5.41) is 54.5. The van der Waals surface area contributed by atoms with Crippen LogP contribution in [0.1, 0.15) is 42.7 Å². The molecule has 3 rings (SSSR count). The summed E-state index contributed by atoms with van der Waals surface area (Å²) in [5.41, 5.74) is 0.986. The lowest BCUT2D eigenvalue weighted by molar-refractivity contribution is -0.116. The number of phenols is 4. The minimum absolute atomic E-state index is 0.0613. The second-order valence-corrected chi connectivity index (χ2v) is 14.7. The summed E-state index contributed by atoms with van der Waals surface area (Å²) in [7, 11) is 4.47. The number of aliphatic hydroxyl groups is 1. The molecule has 0 spiro atoms. The summed E-state index contributed by atoms with van der Waals surface area (Å²) >= 11 is 0. The average Bonchev–Trinajstić information content (AvgIpc) is 2.92. The highest BCUT2D eigenvalue weighted by atomic mass is 28.2. The van der Waals surface area contributed by atoms with E-state index >= 15 is 0 Å². The van der Waals surface area contributed by atoms with Crippen LogP contribution in [0.25, 0.3) is 5.57 Å². The van der Waals surface area contributed by atoms with Gasteiger partial charge in [-0.05, 0) is 25.7 Å². The predicted molar refractivity (Wildman–Crippen MR) is 179 cm³/mol. The van der Waals surface area contributed by atoms with Gasteiger partial charge in [0.2, 0.25) is 0 Å². The fourth-order valence-electron chi connectivity index (χ4n) is 5.24. The van der Waals surface area contributed by atoms with Crippen molar-refractivity contribution < 1.29 is 30.3 Å². The number of carbonyl (C=O) groups excluding carboxylic acids is 1. The normalized spacial score (nSPS) is 15.2. The third kappa shape index (κ3) is 6.96. The topological polar surface area (TPSA) is 125 Å². The van der Waals surface area contributed by atoms with E-state index in [0.717, 1.165) is 117 Å². The number of phenolic OH excluding ortho intramolecular Hbond substituents is 4. The van der Waals surface area contributed by atoms with Gasteiger partial charge in [-0.25, -0.2) is 0 Å². The van der Waals surface area contributed by atoms with Crippen molar-refractivity contribution in [3.05, 3.63) is 41.2 Å². The first-order chi connectivity index (χ1) is 19.2. The van der Waals surface area contributed by atoms with E-state index in [4.69, 9.17) is 0 Å². The molecular weight excluding hydrogens is 573 g/mol. The van der Waals surface area contributed by atoms with Gasteiger partial charge in [0.05, 0.1) is 16.7 Å². The van der Waals surface area contributed by atoms with Crippen molar-refractivity contribution in [2.75, 3.05) is 36.0 Å². The standard InChI is InChI=1S/C28H46N2O6Si4/c31-19-13-17(29(5-1-9-37)6-2-10-38)14-20(32)23(19)25-27(35)26(28(25)36)24-21(33)15-18(16-22(24)34)30(7-3-11-39)8-4-12-40/h13-16,25,31-35H,1-12H2,37-40H3. The van der Waals surface area contributed by atoms with Crippen molar-refractivity contribution in [2.45, 2.75) is 55.8 Å². The van der Waals surface area contributed by atoms with Crippen LogP contribution in [0.2, 0.25) is 24.2 Å². The molecule has 0 saturated carbocycles. The SMILES string of the molecule is O=C1C(c2c(O)cc(N(CCC[SiH3])CCC[SiH3])cc2O)=C(O)C1c1c(O)cc(N(CCC[SiH3])CCC[SiH3])cc1O. The molecule has 220 valence electrons. The fourth-order valence-corrected chi connectivity index (χ4v) is 6.50. The van der Waals surface area contributed by atoms with E-state index in [2.05, 4.69) is 9.80 Å². The molecule has 5 N–H and O–H groups in total. The largest absolute Gasteiger partial charge is 0.510 e. The zero-order valence-electron chi connectivity index (χ0n) is 24.4. The van der Waals surface area contributed by atoms with Crippen molar-refractivity contribution in [2.24, 2.45) is 0 Å². The first-order valence-electron chi connectivity index (χ1n) is 14.8. The number of benzene rings is 2. The van der Waals surface area contributed by atoms with Gasteiger partial charge in [-0.3, -0.25) is 4.79 Å². The minimum atomic E-state index is -1.27. The van der Waals surface area contributed by atoms with Crippen LogP contribution >= 0.6 is 0 Å². The first kappa shape index (κ1) is 31.8. The van der Waals surface area contributed by atoms with E-state index in [1.807, 2.05) is 0 Å². The van der Waals surface area contributed by atoms with Gasteiger partial charge in [-0.15, -0.1) is 0 Å². The summed E-state index contributed by atoms with van der Waals surface area (Å²) in [4.78, 5) is 17.6. The number of allylic oxidation sites excluding steroid dienone is 2. The van der Waals surface area contributed by atoms with Gasteiger partial charge in [0.15, 0.2) is 5.78 Å². The number of Topliss-reactive ketones (excluding diaryl/α,β-unsaturated/α-hetero) is 1. The van der Waals surface area contributed by atoms with E-state index in [9.17, 15) is 30.3 Å². The molecule has 1 unspecified atom stereocenters. The van der Waals surface area contributed by atoms with Crippen LogP contribution in [0.3, 0.4) is 0 Å². The van der Waals surface area contributed by atoms with Gasteiger partial charge in [0.25, 0.3) is 0 Å². The number of carbonyl (C=O) groups is 1. The Bertz CT molecular complexity index is 1160. The van der Waals surface area contributed by atoms with Crippen molar-refractivity contribution >= 4 is 63.7 Å². The van der Waals surface area contributed by atoms with E-state index in [0.29, 0.717) is 11.4 Å². The predicted octanol–water partition coefficient (Wildman–Crippen LogP) is 0.453. The second kappa shape index (κ2) is 14.8. The second-order valence-electron chi connectivity index (χ2n) is 10.7. The zero-order chi connectivity index (χ0) is 29.4. The average molecular weight is 619 g/mol. The van der Waals surface area contributed by atoms with E-state index in [-0.39, 0.29) is 39.7 Å². The smallest absolute Gasteiger partial charge is 0.182 e. The van der Waals surface area contributed by atoms with Crippen LogP contribution in [0.4, 0.5) is 11.4 Å². The maximum atomic E-state index is 13.3. The molecular formula is C28H46N2O6Si4. The molecule has 0 bridgehead atoms. The highest BCUT2D eigenvalue weighted by Crippen LogP contribution is 2.53. The molecule has 0 aromatic heterocycles. The minimum Gasteiger partial charge on any atom is -0.510 e. The fraction of sp³-hybridized carbons (Fsp3) is 0.464. The Balaban J connectivity index is 1.94. The van der Waals surface area contributed by atoms with E-state index in [1.165, 1.54) is 12.1 Å². The Kier molecular flexibility index (Phi) is 11.8. The van der Waals surface area contributed by atoms with Crippen molar-refractivity contribution in [1.29, 1.82) is 0 Å². The lowest BCUT2D eigenvalue weighted by Gasteiger charge is -2.32. The van der Waals surface area contributed by atoms with Crippen LogP contribution in [-0.2, 0) is 4.79 Å². The maximum Gasteiger partial charge on any atom is 0.182 e. The summed E-state index contributed by atoms with van der Waals surface area (Å²) in [6.45, 7) is 3.30. The Morgan fingerprint density at radius 3 is 1.27 bits per heavy atom. The lowest BCUT2D eigenvalue weighted by atomic mass is 9.74. The molecule has 0 radical (unpaired) electrons. The molecule has 2 aromatic rings. The molecule has 2 aromatic carbocycles. The summed E-state index contributed by atoms with van der Waals surface area (Å²) < 4.78 is 0. The Morgan fingerprint density at radius 2 is 0.950 bits per heavy atom. The molecule has 1 aliphatic rings. The number of rotatable bonds is 16. The third-order valence-electron chi connectivity index (χ3n) is 7.64. The van der Waals surface area contributed by atoms with Crippen molar-refractivity contribution in [3.8, 4) is 23.0 Å². The monoisotopic (exact) mass is 618 g/mol. The Labute approximate surface area is 249 Å². The van der Waals surface area contributed by atoms with Crippen LogP contribution in [0.15, 0.2) is 30.0 Å². The Hall–Kier alpha value is -2.68. The van der Waals surface area contributed by atoms with E-state index in [1.54, 1.807) is 12.1 Å². The Morgan fingerprint density at radius 1 is 0.600 bits per heavy atom. The van der Waals surface area contributed by atoms with Crippen molar-refractivity contribution in [3.63, 3.8) is 0 Å². The number of nitrogens with zero attached hydrogens (tertiary/aromatic N) is 2. The molecule has 0 amide bonds. The molecule has 12 heteroatoms. The number of hydrogen-bond acceptors (Lipinski definition) is 8. The van der Waals surface area contributed by atoms with Gasteiger partial charge >= 0.3 is 0 Å².